The van der Waals surface area contributed by atoms with Gasteiger partial charge >= 0.3 is 0 Å². The maximum absolute atomic E-state index is 4.09. The highest BCUT2D eigenvalue weighted by Gasteiger charge is 2.20. The van der Waals surface area contributed by atoms with E-state index < -0.39 is 0 Å². The van der Waals surface area contributed by atoms with E-state index in [1.165, 1.54) is 25.7 Å². The molecular weight excluding hydrogens is 190 g/mol. The molecule has 0 atom stereocenters. The van der Waals surface area contributed by atoms with Gasteiger partial charge in [-0.25, -0.2) is 4.68 Å². The highest BCUT2D eigenvalue weighted by molar-refractivity contribution is 4.85. The first-order chi connectivity index (χ1) is 7.42. The number of rotatable bonds is 5. The number of hydrogen-bond acceptors (Lipinski definition) is 4. The topological polar surface area (TPSA) is 55.6 Å². The van der Waals surface area contributed by atoms with E-state index in [4.69, 9.17) is 0 Å². The van der Waals surface area contributed by atoms with E-state index in [2.05, 4.69) is 27.8 Å². The van der Waals surface area contributed by atoms with Crippen LogP contribution in [0.25, 0.3) is 0 Å². The van der Waals surface area contributed by atoms with Crippen molar-refractivity contribution in [2.45, 2.75) is 51.6 Å². The Bertz CT molecular complexity index is 290. The van der Waals surface area contributed by atoms with Crippen molar-refractivity contribution in [2.24, 2.45) is 0 Å². The molecule has 0 aromatic carbocycles. The first-order valence-electron chi connectivity index (χ1n) is 5.89. The van der Waals surface area contributed by atoms with Gasteiger partial charge in [0, 0.05) is 0 Å². The molecular formula is C10H19N5. The number of aromatic nitrogens is 4. The Morgan fingerprint density at radius 1 is 1.40 bits per heavy atom. The van der Waals surface area contributed by atoms with E-state index in [0.717, 1.165) is 25.3 Å². The standard InChI is InChI=1S/C10H19N5/c1-2-7-11-8-10-12-13-14-15(10)9-5-3-4-6-9/h9,11H,2-8H2,1H3. The average molecular weight is 209 g/mol. The predicted octanol–water partition coefficient (Wildman–Crippen LogP) is 1.29. The van der Waals surface area contributed by atoms with Crippen LogP contribution in [0, 0.1) is 0 Å². The van der Waals surface area contributed by atoms with Gasteiger partial charge in [-0.2, -0.15) is 0 Å². The minimum atomic E-state index is 0.540. The Morgan fingerprint density at radius 3 is 2.93 bits per heavy atom. The summed E-state index contributed by atoms with van der Waals surface area (Å²) in [6, 6.07) is 0.540. The van der Waals surface area contributed by atoms with Crippen molar-refractivity contribution in [1.82, 2.24) is 25.5 Å². The molecule has 1 aromatic rings. The van der Waals surface area contributed by atoms with E-state index in [0.29, 0.717) is 6.04 Å². The number of nitrogens with zero attached hydrogens (tertiary/aromatic N) is 4. The third-order valence-electron chi connectivity index (χ3n) is 2.94. The Kier molecular flexibility index (Phi) is 3.66. The van der Waals surface area contributed by atoms with Crippen LogP contribution in [0.4, 0.5) is 0 Å². The lowest BCUT2D eigenvalue weighted by molar-refractivity contribution is 0.431. The zero-order valence-electron chi connectivity index (χ0n) is 9.32. The highest BCUT2D eigenvalue weighted by Crippen LogP contribution is 2.28. The molecule has 1 fully saturated rings. The maximum Gasteiger partial charge on any atom is 0.165 e. The zero-order chi connectivity index (χ0) is 10.5. The summed E-state index contributed by atoms with van der Waals surface area (Å²) in [5.41, 5.74) is 0. The molecule has 0 amide bonds. The van der Waals surface area contributed by atoms with Gasteiger partial charge in [0.1, 0.15) is 0 Å². The molecule has 0 radical (unpaired) electrons. The van der Waals surface area contributed by atoms with Crippen LogP contribution in [0.15, 0.2) is 0 Å². The SMILES string of the molecule is CCCNCc1nnnn1C1CCCC1. The first-order valence-corrected chi connectivity index (χ1v) is 5.89. The van der Waals surface area contributed by atoms with Gasteiger partial charge in [-0.05, 0) is 36.2 Å². The normalized spacial score (nSPS) is 17.4. The second-order valence-electron chi connectivity index (χ2n) is 4.15. The third-order valence-corrected chi connectivity index (χ3v) is 2.94. The quantitative estimate of drug-likeness (QED) is 0.742. The van der Waals surface area contributed by atoms with Crippen LogP contribution in [0.2, 0.25) is 0 Å². The van der Waals surface area contributed by atoms with Gasteiger partial charge in [-0.3, -0.25) is 0 Å². The molecule has 15 heavy (non-hydrogen) atoms. The molecule has 1 saturated carbocycles. The number of hydrogen-bond donors (Lipinski definition) is 1. The molecule has 1 aromatic heterocycles. The molecule has 1 aliphatic rings. The third kappa shape index (κ3) is 2.53. The minimum Gasteiger partial charge on any atom is -0.310 e. The van der Waals surface area contributed by atoms with Gasteiger partial charge < -0.3 is 5.32 Å². The molecule has 0 bridgehead atoms. The fourth-order valence-corrected chi connectivity index (χ4v) is 2.14. The van der Waals surface area contributed by atoms with Gasteiger partial charge in [0.15, 0.2) is 5.82 Å². The molecule has 1 aliphatic carbocycles. The average Bonchev–Trinajstić information content (AvgIpc) is 2.87. The van der Waals surface area contributed by atoms with Gasteiger partial charge in [-0.1, -0.05) is 19.8 Å². The van der Waals surface area contributed by atoms with Crippen molar-refractivity contribution in [1.29, 1.82) is 0 Å². The predicted molar refractivity (Wildman–Crippen MR) is 57.3 cm³/mol. The molecule has 0 spiro atoms. The minimum absolute atomic E-state index is 0.540. The van der Waals surface area contributed by atoms with E-state index in [1.807, 2.05) is 4.68 Å². The molecule has 5 nitrogen and oxygen atoms in total. The molecule has 84 valence electrons. The summed E-state index contributed by atoms with van der Waals surface area (Å²) >= 11 is 0. The summed E-state index contributed by atoms with van der Waals surface area (Å²) in [5, 5.41) is 15.3. The van der Waals surface area contributed by atoms with Crippen LogP contribution in [0.3, 0.4) is 0 Å². The number of tetrazole rings is 1. The Labute approximate surface area is 90.2 Å². The second-order valence-corrected chi connectivity index (χ2v) is 4.15. The Hall–Kier alpha value is -0.970. The van der Waals surface area contributed by atoms with Gasteiger partial charge in [-0.15, -0.1) is 5.10 Å². The largest absolute Gasteiger partial charge is 0.310 e. The summed E-state index contributed by atoms with van der Waals surface area (Å²) in [4.78, 5) is 0. The lowest BCUT2D eigenvalue weighted by Crippen LogP contribution is -2.19. The van der Waals surface area contributed by atoms with Crippen molar-refractivity contribution in [2.75, 3.05) is 6.54 Å². The zero-order valence-corrected chi connectivity index (χ0v) is 9.32. The van der Waals surface area contributed by atoms with E-state index in [1.54, 1.807) is 0 Å². The monoisotopic (exact) mass is 209 g/mol. The van der Waals surface area contributed by atoms with Crippen LogP contribution in [-0.2, 0) is 6.54 Å². The van der Waals surface area contributed by atoms with Crippen molar-refractivity contribution in [3.8, 4) is 0 Å². The fraction of sp³-hybridized carbons (Fsp3) is 0.900. The van der Waals surface area contributed by atoms with Crippen LogP contribution in [0.1, 0.15) is 50.9 Å². The van der Waals surface area contributed by atoms with E-state index >= 15 is 0 Å². The van der Waals surface area contributed by atoms with E-state index in [-0.39, 0.29) is 0 Å². The van der Waals surface area contributed by atoms with Crippen molar-refractivity contribution < 1.29 is 0 Å². The summed E-state index contributed by atoms with van der Waals surface area (Å²) in [7, 11) is 0. The van der Waals surface area contributed by atoms with Gasteiger partial charge in [0.25, 0.3) is 0 Å². The van der Waals surface area contributed by atoms with Gasteiger partial charge in [0.2, 0.25) is 0 Å². The maximum atomic E-state index is 4.09. The van der Waals surface area contributed by atoms with Crippen LogP contribution >= 0.6 is 0 Å². The molecule has 2 rings (SSSR count). The molecule has 1 N–H and O–H groups in total. The lowest BCUT2D eigenvalue weighted by Gasteiger charge is -2.11. The Balaban J connectivity index is 1.95. The van der Waals surface area contributed by atoms with E-state index in [9.17, 15) is 0 Å². The van der Waals surface area contributed by atoms with Crippen molar-refractivity contribution in [3.63, 3.8) is 0 Å². The summed E-state index contributed by atoms with van der Waals surface area (Å²) in [5.74, 6) is 0.982. The van der Waals surface area contributed by atoms with Crippen LogP contribution in [0.5, 0.6) is 0 Å². The van der Waals surface area contributed by atoms with Crippen LogP contribution < -0.4 is 5.32 Å². The van der Waals surface area contributed by atoms with Gasteiger partial charge in [0.05, 0.1) is 12.6 Å². The lowest BCUT2D eigenvalue weighted by atomic mass is 10.2. The Morgan fingerprint density at radius 2 is 2.20 bits per heavy atom. The summed E-state index contributed by atoms with van der Waals surface area (Å²) in [6.07, 6.45) is 6.22. The molecule has 0 aliphatic heterocycles. The summed E-state index contributed by atoms with van der Waals surface area (Å²) < 4.78 is 2.01. The molecule has 1 heterocycles. The molecule has 0 saturated heterocycles. The molecule has 0 unspecified atom stereocenters. The smallest absolute Gasteiger partial charge is 0.165 e. The van der Waals surface area contributed by atoms with Crippen molar-refractivity contribution in [3.05, 3.63) is 5.82 Å². The first kappa shape index (κ1) is 10.5. The molecule has 5 heteroatoms. The fourth-order valence-electron chi connectivity index (χ4n) is 2.14. The summed E-state index contributed by atoms with van der Waals surface area (Å²) in [6.45, 7) is 3.97. The number of nitrogens with one attached hydrogen (secondary N) is 1. The highest BCUT2D eigenvalue weighted by atomic mass is 15.6. The van der Waals surface area contributed by atoms with Crippen molar-refractivity contribution >= 4 is 0 Å². The second kappa shape index (κ2) is 5.21. The van der Waals surface area contributed by atoms with Crippen LogP contribution in [-0.4, -0.2) is 26.8 Å².